The minimum absolute atomic E-state index is 0.0319. The summed E-state index contributed by atoms with van der Waals surface area (Å²) in [4.78, 5) is 37.5. The van der Waals surface area contributed by atoms with Crippen LogP contribution in [0.1, 0.15) is 206 Å². The van der Waals surface area contributed by atoms with Crippen molar-refractivity contribution in [3.8, 4) is 0 Å². The Bertz CT molecular complexity index is 1010. The van der Waals surface area contributed by atoms with Crippen LogP contribution in [0.2, 0.25) is 0 Å². The maximum absolute atomic E-state index is 12.7. The van der Waals surface area contributed by atoms with Crippen LogP contribution < -0.4 is 4.89 Å². The van der Waals surface area contributed by atoms with Crippen molar-refractivity contribution in [1.29, 1.82) is 0 Å². The first-order valence-corrected chi connectivity index (χ1v) is 24.5. The van der Waals surface area contributed by atoms with Crippen molar-refractivity contribution in [3.05, 3.63) is 24.3 Å². The van der Waals surface area contributed by atoms with Crippen LogP contribution in [-0.4, -0.2) is 70.0 Å². The number of phosphoric acid groups is 1. The van der Waals surface area contributed by atoms with Crippen molar-refractivity contribution >= 4 is 19.8 Å². The van der Waals surface area contributed by atoms with Gasteiger partial charge in [-0.25, -0.2) is 0 Å². The SMILES string of the molecule is CCC/C=C\C/C=C\CCCCCCCC(=O)OC(COC(=O)CCCCCCCCCCCCCCCCCCCCC)COP(=O)([O-])OCC[N+](C)(C)C. The second-order valence-electron chi connectivity index (χ2n) is 16.8. The highest BCUT2D eigenvalue weighted by Gasteiger charge is 2.21. The summed E-state index contributed by atoms with van der Waals surface area (Å²) in [5, 5.41) is 0. The van der Waals surface area contributed by atoms with E-state index in [1.807, 2.05) is 21.1 Å². The molecule has 330 valence electrons. The first-order valence-electron chi connectivity index (χ1n) is 23.0. The number of carbonyl (C=O) groups is 2. The van der Waals surface area contributed by atoms with Crippen LogP contribution in [0.15, 0.2) is 24.3 Å². The Hall–Kier alpha value is -1.51. The summed E-state index contributed by atoms with van der Waals surface area (Å²) in [5.41, 5.74) is 0. The Morgan fingerprint density at radius 3 is 1.48 bits per heavy atom. The Labute approximate surface area is 345 Å². The second-order valence-corrected chi connectivity index (χ2v) is 18.2. The summed E-state index contributed by atoms with van der Waals surface area (Å²) in [5.74, 6) is -0.843. The summed E-state index contributed by atoms with van der Waals surface area (Å²) < 4.78 is 33.9. The molecule has 56 heavy (non-hydrogen) atoms. The van der Waals surface area contributed by atoms with Gasteiger partial charge >= 0.3 is 11.9 Å². The van der Waals surface area contributed by atoms with Crippen molar-refractivity contribution in [3.63, 3.8) is 0 Å². The van der Waals surface area contributed by atoms with Crippen molar-refractivity contribution in [2.75, 3.05) is 47.5 Å². The summed E-state index contributed by atoms with van der Waals surface area (Å²) in [6, 6.07) is 0. The number of likely N-dealkylation sites (N-methyl/N-ethyl adjacent to an activating group) is 1. The average Bonchev–Trinajstić information content (AvgIpc) is 3.15. The number of phosphoric ester groups is 1. The van der Waals surface area contributed by atoms with Gasteiger partial charge in [-0.05, 0) is 38.5 Å². The molecule has 0 fully saturated rings. The van der Waals surface area contributed by atoms with Gasteiger partial charge in [0.2, 0.25) is 0 Å². The van der Waals surface area contributed by atoms with Gasteiger partial charge in [0.1, 0.15) is 19.8 Å². The molecule has 0 aromatic carbocycles. The van der Waals surface area contributed by atoms with Crippen LogP contribution in [0.25, 0.3) is 0 Å². The Balaban J connectivity index is 4.27. The van der Waals surface area contributed by atoms with Gasteiger partial charge in [-0.3, -0.25) is 14.2 Å². The van der Waals surface area contributed by atoms with Crippen molar-refractivity contribution in [1.82, 2.24) is 0 Å². The number of nitrogens with zero attached hydrogens (tertiary/aromatic N) is 1. The Morgan fingerprint density at radius 2 is 1.00 bits per heavy atom. The molecule has 0 saturated heterocycles. The molecule has 2 unspecified atom stereocenters. The molecule has 0 bridgehead atoms. The minimum atomic E-state index is -4.62. The maximum Gasteiger partial charge on any atom is 0.306 e. The van der Waals surface area contributed by atoms with Gasteiger partial charge < -0.3 is 27.9 Å². The highest BCUT2D eigenvalue weighted by molar-refractivity contribution is 7.45. The molecule has 9 nitrogen and oxygen atoms in total. The molecule has 0 radical (unpaired) electrons. The van der Waals surface area contributed by atoms with Gasteiger partial charge in [0, 0.05) is 12.8 Å². The van der Waals surface area contributed by atoms with E-state index >= 15 is 0 Å². The fourth-order valence-corrected chi connectivity index (χ4v) is 7.07. The maximum atomic E-state index is 12.7. The predicted molar refractivity (Wildman–Crippen MR) is 231 cm³/mol. The molecule has 0 amide bonds. The van der Waals surface area contributed by atoms with Gasteiger partial charge in [-0.2, -0.15) is 0 Å². The molecule has 0 saturated carbocycles. The molecule has 0 aliphatic heterocycles. The molecule has 0 N–H and O–H groups in total. The number of unbranched alkanes of at least 4 members (excludes halogenated alkanes) is 24. The summed E-state index contributed by atoms with van der Waals surface area (Å²) in [6.07, 6.45) is 42.1. The lowest BCUT2D eigenvalue weighted by atomic mass is 10.0. The topological polar surface area (TPSA) is 111 Å². The number of ether oxygens (including phenoxy) is 2. The molecular formula is C46H88NO8P. The van der Waals surface area contributed by atoms with E-state index in [1.54, 1.807) is 0 Å². The standard InChI is InChI=1S/C46H88NO8P/c1-6-8-10-12-14-16-18-20-21-22-23-24-25-27-28-30-32-34-36-38-45(48)52-42-44(43-54-56(50,51)53-41-40-47(3,4)5)55-46(49)39-37-35-33-31-29-26-19-17-15-13-11-9-7-2/h11,13,17,19,44H,6-10,12,14-16,18,20-43H2,1-5H3/b13-11-,19-17-. The largest absolute Gasteiger partial charge is 0.756 e. The zero-order valence-electron chi connectivity index (χ0n) is 37.1. The minimum Gasteiger partial charge on any atom is -0.756 e. The van der Waals surface area contributed by atoms with Crippen LogP contribution >= 0.6 is 7.82 Å². The monoisotopic (exact) mass is 814 g/mol. The smallest absolute Gasteiger partial charge is 0.306 e. The lowest BCUT2D eigenvalue weighted by Crippen LogP contribution is -2.37. The molecule has 0 rings (SSSR count). The highest BCUT2D eigenvalue weighted by atomic mass is 31.2. The van der Waals surface area contributed by atoms with E-state index in [0.29, 0.717) is 17.4 Å². The lowest BCUT2D eigenvalue weighted by Gasteiger charge is -2.28. The molecule has 0 aromatic heterocycles. The zero-order valence-corrected chi connectivity index (χ0v) is 38.0. The number of allylic oxidation sites excluding steroid dienone is 4. The lowest BCUT2D eigenvalue weighted by molar-refractivity contribution is -0.870. The van der Waals surface area contributed by atoms with E-state index in [-0.39, 0.29) is 32.0 Å². The van der Waals surface area contributed by atoms with Gasteiger partial charge in [0.05, 0.1) is 27.7 Å². The summed E-state index contributed by atoms with van der Waals surface area (Å²) >= 11 is 0. The average molecular weight is 814 g/mol. The fraction of sp³-hybridized carbons (Fsp3) is 0.870. The highest BCUT2D eigenvalue weighted by Crippen LogP contribution is 2.38. The van der Waals surface area contributed by atoms with Crippen LogP contribution in [0.5, 0.6) is 0 Å². The van der Waals surface area contributed by atoms with Crippen LogP contribution in [-0.2, 0) is 32.7 Å². The predicted octanol–water partition coefficient (Wildman–Crippen LogP) is 12.5. The molecule has 0 aliphatic rings. The van der Waals surface area contributed by atoms with Gasteiger partial charge in [0.25, 0.3) is 7.82 Å². The van der Waals surface area contributed by atoms with Gasteiger partial charge in [-0.15, -0.1) is 0 Å². The summed E-state index contributed by atoms with van der Waals surface area (Å²) in [6.45, 7) is 4.17. The van der Waals surface area contributed by atoms with E-state index in [9.17, 15) is 19.0 Å². The third-order valence-corrected chi connectivity index (χ3v) is 10.9. The second kappa shape index (κ2) is 39.0. The van der Waals surface area contributed by atoms with E-state index in [2.05, 4.69) is 38.2 Å². The molecule has 0 heterocycles. The van der Waals surface area contributed by atoms with Gasteiger partial charge in [0.15, 0.2) is 6.10 Å². The fourth-order valence-electron chi connectivity index (χ4n) is 6.34. The quantitative estimate of drug-likeness (QED) is 0.0197. The molecule has 0 aliphatic carbocycles. The number of carbonyl (C=O) groups excluding carboxylic acids is 2. The van der Waals surface area contributed by atoms with Gasteiger partial charge in [-0.1, -0.05) is 179 Å². The number of quaternary nitrogens is 1. The first kappa shape index (κ1) is 54.5. The normalized spacial score (nSPS) is 13.8. The summed E-state index contributed by atoms with van der Waals surface area (Å²) in [7, 11) is 1.16. The van der Waals surface area contributed by atoms with E-state index < -0.39 is 26.5 Å². The van der Waals surface area contributed by atoms with Crippen molar-refractivity contribution in [2.45, 2.75) is 213 Å². The molecule has 10 heteroatoms. The van der Waals surface area contributed by atoms with E-state index in [0.717, 1.165) is 64.2 Å². The van der Waals surface area contributed by atoms with E-state index in [4.69, 9.17) is 18.5 Å². The number of hydrogen-bond donors (Lipinski definition) is 0. The third-order valence-electron chi connectivity index (χ3n) is 9.96. The number of esters is 2. The number of hydrogen-bond acceptors (Lipinski definition) is 8. The molecule has 0 spiro atoms. The number of rotatable bonds is 42. The third kappa shape index (κ3) is 42.1. The van der Waals surface area contributed by atoms with Crippen molar-refractivity contribution in [2.24, 2.45) is 0 Å². The molecule has 0 aromatic rings. The van der Waals surface area contributed by atoms with Crippen LogP contribution in [0.3, 0.4) is 0 Å². The van der Waals surface area contributed by atoms with Crippen molar-refractivity contribution < 1.29 is 42.1 Å². The Morgan fingerprint density at radius 1 is 0.554 bits per heavy atom. The van der Waals surface area contributed by atoms with Crippen LogP contribution in [0.4, 0.5) is 0 Å². The van der Waals surface area contributed by atoms with E-state index in [1.165, 1.54) is 109 Å². The Kier molecular flexibility index (Phi) is 37.9. The van der Waals surface area contributed by atoms with Crippen LogP contribution in [0, 0.1) is 0 Å². The zero-order chi connectivity index (χ0) is 41.4. The molecular weight excluding hydrogens is 725 g/mol. The first-order chi connectivity index (χ1) is 27.0. The molecule has 2 atom stereocenters.